The van der Waals surface area contributed by atoms with Crippen LogP contribution in [-0.4, -0.2) is 35.6 Å². The van der Waals surface area contributed by atoms with Crippen LogP contribution in [0, 0.1) is 5.82 Å². The lowest BCUT2D eigenvalue weighted by Crippen LogP contribution is -2.51. The zero-order valence-corrected chi connectivity index (χ0v) is 19.0. The molecule has 0 unspecified atom stereocenters. The van der Waals surface area contributed by atoms with Gasteiger partial charge in [-0.05, 0) is 61.1 Å². The number of hydrogen-bond acceptors (Lipinski definition) is 4. The Balaban J connectivity index is 1.48. The molecule has 0 saturated heterocycles. The lowest BCUT2D eigenvalue weighted by molar-refractivity contribution is -0.141. The zero-order valence-electron chi connectivity index (χ0n) is 19.0. The minimum Gasteiger partial charge on any atom is -0.454 e. The molecule has 0 radical (unpaired) electrons. The molecule has 33 heavy (non-hydrogen) atoms. The van der Waals surface area contributed by atoms with Crippen molar-refractivity contribution >= 4 is 11.8 Å². The lowest BCUT2D eigenvalue weighted by atomic mass is 10.1. The fourth-order valence-corrected chi connectivity index (χ4v) is 4.56. The average molecular weight is 455 g/mol. The van der Waals surface area contributed by atoms with Crippen molar-refractivity contribution in [3.8, 4) is 11.5 Å². The Hall–Kier alpha value is -3.09. The largest absolute Gasteiger partial charge is 0.454 e. The van der Waals surface area contributed by atoms with Gasteiger partial charge in [0.2, 0.25) is 18.6 Å². The molecule has 2 aromatic carbocycles. The smallest absolute Gasteiger partial charge is 0.243 e. The highest BCUT2D eigenvalue weighted by Crippen LogP contribution is 2.33. The molecular weight excluding hydrogens is 423 g/mol. The first-order valence-electron chi connectivity index (χ1n) is 11.8. The van der Waals surface area contributed by atoms with Crippen LogP contribution in [0.5, 0.6) is 11.5 Å². The van der Waals surface area contributed by atoms with E-state index < -0.39 is 6.04 Å². The van der Waals surface area contributed by atoms with E-state index in [1.54, 1.807) is 17.0 Å². The van der Waals surface area contributed by atoms with Gasteiger partial charge in [0.25, 0.3) is 0 Å². The molecule has 2 aromatic rings. The third-order valence-electron chi connectivity index (χ3n) is 6.42. The second-order valence-electron chi connectivity index (χ2n) is 8.75. The highest BCUT2D eigenvalue weighted by atomic mass is 19.1. The van der Waals surface area contributed by atoms with Gasteiger partial charge in [-0.25, -0.2) is 4.39 Å². The summed E-state index contributed by atoms with van der Waals surface area (Å²) in [5.41, 5.74) is 1.76. The minimum absolute atomic E-state index is 0.106. The van der Waals surface area contributed by atoms with E-state index in [1.807, 2.05) is 25.1 Å². The van der Waals surface area contributed by atoms with Gasteiger partial charge in [0, 0.05) is 19.0 Å². The van der Waals surface area contributed by atoms with Crippen molar-refractivity contribution in [1.82, 2.24) is 10.2 Å². The predicted molar refractivity (Wildman–Crippen MR) is 122 cm³/mol. The van der Waals surface area contributed by atoms with E-state index in [0.29, 0.717) is 24.3 Å². The number of ether oxygens (including phenoxy) is 2. The van der Waals surface area contributed by atoms with E-state index in [1.165, 1.54) is 12.1 Å². The van der Waals surface area contributed by atoms with E-state index in [-0.39, 0.29) is 43.4 Å². The van der Waals surface area contributed by atoms with Gasteiger partial charge in [-0.3, -0.25) is 9.59 Å². The number of amides is 2. The summed E-state index contributed by atoms with van der Waals surface area (Å²) >= 11 is 0. The molecule has 1 atom stereocenters. The quantitative estimate of drug-likeness (QED) is 0.612. The Kier molecular flexibility index (Phi) is 7.47. The molecule has 1 aliphatic heterocycles. The normalized spacial score (nSPS) is 15.9. The summed E-state index contributed by atoms with van der Waals surface area (Å²) in [6.45, 7) is 2.38. The summed E-state index contributed by atoms with van der Waals surface area (Å²) in [6, 6.07) is 11.4. The van der Waals surface area contributed by atoms with E-state index in [0.717, 1.165) is 36.8 Å². The minimum atomic E-state index is -0.570. The molecule has 0 spiro atoms. The Morgan fingerprint density at radius 3 is 2.48 bits per heavy atom. The highest BCUT2D eigenvalue weighted by molar-refractivity contribution is 5.88. The number of halogens is 1. The SMILES string of the molecule is CC[C@@H](C(=O)NC1CCCC1)N(Cc1ccc(F)cc1)C(=O)CCc1ccc2c(c1)OCO2. The van der Waals surface area contributed by atoms with Gasteiger partial charge in [-0.15, -0.1) is 0 Å². The van der Waals surface area contributed by atoms with Gasteiger partial charge < -0.3 is 19.7 Å². The van der Waals surface area contributed by atoms with Crippen LogP contribution in [0.2, 0.25) is 0 Å². The third-order valence-corrected chi connectivity index (χ3v) is 6.42. The van der Waals surface area contributed by atoms with Crippen molar-refractivity contribution in [2.75, 3.05) is 6.79 Å². The molecule has 0 aromatic heterocycles. The molecule has 6 nitrogen and oxygen atoms in total. The summed E-state index contributed by atoms with van der Waals surface area (Å²) < 4.78 is 24.2. The van der Waals surface area contributed by atoms with Crippen molar-refractivity contribution in [2.45, 2.75) is 70.5 Å². The van der Waals surface area contributed by atoms with Crippen LogP contribution >= 0.6 is 0 Å². The Morgan fingerprint density at radius 2 is 1.76 bits per heavy atom. The number of carbonyl (C=O) groups is 2. The van der Waals surface area contributed by atoms with Gasteiger partial charge >= 0.3 is 0 Å². The fraction of sp³-hybridized carbons (Fsp3) is 0.462. The second kappa shape index (κ2) is 10.7. The molecule has 176 valence electrons. The first-order chi connectivity index (χ1) is 16.0. The van der Waals surface area contributed by atoms with Crippen molar-refractivity contribution in [2.24, 2.45) is 0 Å². The van der Waals surface area contributed by atoms with Crippen LogP contribution in [0.4, 0.5) is 4.39 Å². The molecule has 2 aliphatic rings. The maximum absolute atomic E-state index is 13.4. The molecule has 1 heterocycles. The number of benzene rings is 2. The third kappa shape index (κ3) is 5.83. The van der Waals surface area contributed by atoms with E-state index in [2.05, 4.69) is 5.32 Å². The summed E-state index contributed by atoms with van der Waals surface area (Å²) in [7, 11) is 0. The summed E-state index contributed by atoms with van der Waals surface area (Å²) in [6.07, 6.45) is 5.50. The van der Waals surface area contributed by atoms with Crippen LogP contribution in [0.3, 0.4) is 0 Å². The summed E-state index contributed by atoms with van der Waals surface area (Å²) in [5, 5.41) is 3.14. The van der Waals surface area contributed by atoms with Crippen molar-refractivity contribution in [1.29, 1.82) is 0 Å². The van der Waals surface area contributed by atoms with Crippen molar-refractivity contribution in [3.05, 3.63) is 59.4 Å². The number of carbonyl (C=O) groups excluding carboxylic acids is 2. The van der Waals surface area contributed by atoms with Crippen molar-refractivity contribution in [3.63, 3.8) is 0 Å². The first-order valence-corrected chi connectivity index (χ1v) is 11.8. The highest BCUT2D eigenvalue weighted by Gasteiger charge is 2.30. The number of aryl methyl sites for hydroxylation is 1. The van der Waals surface area contributed by atoms with Crippen molar-refractivity contribution < 1.29 is 23.5 Å². The first kappa shape index (κ1) is 23.1. The number of nitrogens with one attached hydrogen (secondary N) is 1. The van der Waals surface area contributed by atoms with Gasteiger partial charge in [0.15, 0.2) is 11.5 Å². The van der Waals surface area contributed by atoms with Gasteiger partial charge in [-0.1, -0.05) is 38.0 Å². The van der Waals surface area contributed by atoms with Crippen LogP contribution in [0.25, 0.3) is 0 Å². The summed E-state index contributed by atoms with van der Waals surface area (Å²) in [4.78, 5) is 28.2. The van der Waals surface area contributed by atoms with E-state index in [9.17, 15) is 14.0 Å². The zero-order chi connectivity index (χ0) is 23.2. The van der Waals surface area contributed by atoms with Crippen LogP contribution in [0.1, 0.15) is 56.6 Å². The van der Waals surface area contributed by atoms with E-state index >= 15 is 0 Å². The number of rotatable bonds is 9. The molecular formula is C26H31FN2O4. The second-order valence-corrected chi connectivity index (χ2v) is 8.75. The van der Waals surface area contributed by atoms with Gasteiger partial charge in [0.05, 0.1) is 0 Å². The van der Waals surface area contributed by atoms with Crippen LogP contribution < -0.4 is 14.8 Å². The van der Waals surface area contributed by atoms with E-state index in [4.69, 9.17) is 9.47 Å². The molecule has 4 rings (SSSR count). The van der Waals surface area contributed by atoms with Gasteiger partial charge in [-0.2, -0.15) is 0 Å². The van der Waals surface area contributed by atoms with Crippen LogP contribution in [0.15, 0.2) is 42.5 Å². The fourth-order valence-electron chi connectivity index (χ4n) is 4.56. The molecule has 1 N–H and O–H groups in total. The monoisotopic (exact) mass is 454 g/mol. The molecule has 1 aliphatic carbocycles. The Morgan fingerprint density at radius 1 is 1.06 bits per heavy atom. The maximum atomic E-state index is 13.4. The lowest BCUT2D eigenvalue weighted by Gasteiger charge is -2.31. The molecule has 0 bridgehead atoms. The molecule has 1 fully saturated rings. The average Bonchev–Trinajstić information content (AvgIpc) is 3.50. The predicted octanol–water partition coefficient (Wildman–Crippen LogP) is 4.35. The Bertz CT molecular complexity index is 973. The van der Waals surface area contributed by atoms with Crippen LogP contribution in [-0.2, 0) is 22.6 Å². The Labute approximate surface area is 194 Å². The topological polar surface area (TPSA) is 67.9 Å². The molecule has 7 heteroatoms. The standard InChI is InChI=1S/C26H31FN2O4/c1-2-22(26(31)28-21-5-3-4-6-21)29(16-19-7-11-20(27)12-8-19)25(30)14-10-18-9-13-23-24(15-18)33-17-32-23/h7-9,11-13,15,21-22H,2-6,10,14,16-17H2,1H3,(H,28,31)/t22-/m0/s1. The van der Waals surface area contributed by atoms with Gasteiger partial charge in [0.1, 0.15) is 11.9 Å². The molecule has 2 amide bonds. The number of nitrogens with zero attached hydrogens (tertiary/aromatic N) is 1. The molecule has 1 saturated carbocycles. The number of fused-ring (bicyclic) bond motifs is 1. The number of hydrogen-bond donors (Lipinski definition) is 1. The summed E-state index contributed by atoms with van der Waals surface area (Å²) in [5.74, 6) is 0.849. The maximum Gasteiger partial charge on any atom is 0.243 e.